The summed E-state index contributed by atoms with van der Waals surface area (Å²) in [7, 11) is 1.55. The molecule has 0 atom stereocenters. The molecule has 0 aliphatic rings. The van der Waals surface area contributed by atoms with E-state index in [4.69, 9.17) is 16.3 Å². The Balaban J connectivity index is 1.73. The summed E-state index contributed by atoms with van der Waals surface area (Å²) in [5.41, 5.74) is 0.147. The zero-order chi connectivity index (χ0) is 18.7. The summed E-state index contributed by atoms with van der Waals surface area (Å²) in [6.45, 7) is 0.354. The van der Waals surface area contributed by atoms with Crippen molar-refractivity contribution in [3.8, 4) is 5.75 Å². The predicted octanol–water partition coefficient (Wildman–Crippen LogP) is 4.12. The molecule has 0 fully saturated rings. The molecule has 3 rings (SSSR count). The van der Waals surface area contributed by atoms with Gasteiger partial charge in [-0.1, -0.05) is 23.7 Å². The highest BCUT2D eigenvalue weighted by atomic mass is 35.5. The van der Waals surface area contributed by atoms with Crippen LogP contribution < -0.4 is 10.1 Å². The second kappa shape index (κ2) is 7.53. The fourth-order valence-corrected chi connectivity index (χ4v) is 2.60. The van der Waals surface area contributed by atoms with Crippen molar-refractivity contribution in [1.29, 1.82) is 0 Å². The van der Waals surface area contributed by atoms with Gasteiger partial charge < -0.3 is 10.1 Å². The van der Waals surface area contributed by atoms with Gasteiger partial charge >= 0.3 is 0 Å². The van der Waals surface area contributed by atoms with E-state index in [0.717, 1.165) is 17.7 Å². The molecule has 1 N–H and O–H groups in total. The molecule has 0 aliphatic heterocycles. The second-order valence-corrected chi connectivity index (χ2v) is 5.81. The molecule has 0 aliphatic carbocycles. The van der Waals surface area contributed by atoms with Crippen LogP contribution in [-0.2, 0) is 6.54 Å². The van der Waals surface area contributed by atoms with Crippen molar-refractivity contribution in [2.75, 3.05) is 12.4 Å². The number of nitrogens with zero attached hydrogens (tertiary/aromatic N) is 2. The first-order valence-electron chi connectivity index (χ1n) is 7.59. The Bertz CT molecular complexity index is 939. The third-order valence-electron chi connectivity index (χ3n) is 3.66. The Kier molecular flexibility index (Phi) is 5.18. The van der Waals surface area contributed by atoms with E-state index in [0.29, 0.717) is 17.3 Å². The Morgan fingerprint density at radius 1 is 1.23 bits per heavy atom. The number of amides is 1. The maximum absolute atomic E-state index is 13.7. The Morgan fingerprint density at radius 2 is 1.96 bits per heavy atom. The minimum Gasteiger partial charge on any atom is -0.497 e. The molecule has 26 heavy (non-hydrogen) atoms. The van der Waals surface area contributed by atoms with Gasteiger partial charge in [-0.3, -0.25) is 9.48 Å². The monoisotopic (exact) mass is 377 g/mol. The number of anilines is 1. The normalized spacial score (nSPS) is 10.6. The zero-order valence-corrected chi connectivity index (χ0v) is 14.4. The largest absolute Gasteiger partial charge is 0.497 e. The number of rotatable bonds is 5. The first-order valence-corrected chi connectivity index (χ1v) is 7.97. The minimum absolute atomic E-state index is 0.169. The quantitative estimate of drug-likeness (QED) is 0.727. The summed E-state index contributed by atoms with van der Waals surface area (Å²) in [5.74, 6) is -1.98. The predicted molar refractivity (Wildman–Crippen MR) is 93.6 cm³/mol. The van der Waals surface area contributed by atoms with Crippen LogP contribution in [-0.4, -0.2) is 22.8 Å². The average Bonchev–Trinajstić information content (AvgIpc) is 3.03. The van der Waals surface area contributed by atoms with E-state index in [2.05, 4.69) is 10.4 Å². The van der Waals surface area contributed by atoms with Crippen LogP contribution in [0.3, 0.4) is 0 Å². The van der Waals surface area contributed by atoms with Gasteiger partial charge in [-0.2, -0.15) is 5.10 Å². The first kappa shape index (κ1) is 17.9. The minimum atomic E-state index is -0.938. The fraction of sp³-hybridized carbons (Fsp3) is 0.111. The molecule has 0 spiro atoms. The Hall–Kier alpha value is -2.93. The van der Waals surface area contributed by atoms with Crippen molar-refractivity contribution in [2.24, 2.45) is 0 Å². The van der Waals surface area contributed by atoms with Gasteiger partial charge in [0.15, 0.2) is 5.82 Å². The van der Waals surface area contributed by atoms with Crippen molar-refractivity contribution < 1.29 is 18.3 Å². The first-order chi connectivity index (χ1) is 12.5. The average molecular weight is 378 g/mol. The molecule has 0 saturated carbocycles. The molecule has 8 heteroatoms. The van der Waals surface area contributed by atoms with Gasteiger partial charge in [0.25, 0.3) is 5.91 Å². The highest BCUT2D eigenvalue weighted by Crippen LogP contribution is 2.23. The zero-order valence-electron chi connectivity index (χ0n) is 13.7. The lowest BCUT2D eigenvalue weighted by Crippen LogP contribution is -2.16. The van der Waals surface area contributed by atoms with Gasteiger partial charge in [-0.15, -0.1) is 0 Å². The molecule has 1 aromatic heterocycles. The maximum Gasteiger partial charge on any atom is 0.262 e. The van der Waals surface area contributed by atoms with Crippen molar-refractivity contribution in [3.63, 3.8) is 0 Å². The van der Waals surface area contributed by atoms with E-state index in [1.54, 1.807) is 36.2 Å². The highest BCUT2D eigenvalue weighted by Gasteiger charge is 2.18. The van der Waals surface area contributed by atoms with Crippen LogP contribution in [0.4, 0.5) is 14.6 Å². The van der Waals surface area contributed by atoms with E-state index in [1.807, 2.05) is 0 Å². The molecular weight excluding hydrogens is 364 g/mol. The number of hydrogen-bond donors (Lipinski definition) is 1. The molecule has 5 nitrogen and oxygen atoms in total. The standard InChI is InChI=1S/C18H14ClF2N3O2/c1-26-12-6-5-11(13(19)9-12)10-24-8-7-16(23-24)22-18(25)17-14(20)3-2-4-15(17)21/h2-9H,10H2,1H3,(H,22,23,25). The number of halogens is 3. The van der Waals surface area contributed by atoms with Crippen molar-refractivity contribution >= 4 is 23.3 Å². The molecule has 2 aromatic carbocycles. The topological polar surface area (TPSA) is 56.1 Å². The van der Waals surface area contributed by atoms with E-state index in [1.165, 1.54) is 12.1 Å². The van der Waals surface area contributed by atoms with Crippen LogP contribution in [0.25, 0.3) is 0 Å². The molecule has 134 valence electrons. The van der Waals surface area contributed by atoms with Crippen LogP contribution in [0.15, 0.2) is 48.7 Å². The van der Waals surface area contributed by atoms with Gasteiger partial charge in [-0.05, 0) is 29.8 Å². The van der Waals surface area contributed by atoms with E-state index in [9.17, 15) is 13.6 Å². The van der Waals surface area contributed by atoms with Gasteiger partial charge in [0, 0.05) is 17.3 Å². The number of nitrogens with one attached hydrogen (secondary N) is 1. The highest BCUT2D eigenvalue weighted by molar-refractivity contribution is 6.31. The number of ether oxygens (including phenoxy) is 1. The SMILES string of the molecule is COc1ccc(Cn2ccc(NC(=O)c3c(F)cccc3F)n2)c(Cl)c1. The number of carbonyl (C=O) groups is 1. The van der Waals surface area contributed by atoms with Gasteiger partial charge in [-0.25, -0.2) is 8.78 Å². The van der Waals surface area contributed by atoms with E-state index in [-0.39, 0.29) is 5.82 Å². The van der Waals surface area contributed by atoms with Gasteiger partial charge in [0.05, 0.1) is 13.7 Å². The van der Waals surface area contributed by atoms with Crippen LogP contribution in [0.1, 0.15) is 15.9 Å². The van der Waals surface area contributed by atoms with Crippen LogP contribution >= 0.6 is 11.6 Å². The number of benzene rings is 2. The summed E-state index contributed by atoms with van der Waals surface area (Å²) in [6, 6.07) is 10.0. The number of aromatic nitrogens is 2. The molecule has 1 heterocycles. The van der Waals surface area contributed by atoms with Gasteiger partial charge in [0.1, 0.15) is 22.9 Å². The second-order valence-electron chi connectivity index (χ2n) is 5.41. The number of hydrogen-bond acceptors (Lipinski definition) is 3. The maximum atomic E-state index is 13.7. The van der Waals surface area contributed by atoms with E-state index >= 15 is 0 Å². The third-order valence-corrected chi connectivity index (χ3v) is 4.02. The number of carbonyl (C=O) groups excluding carboxylic acids is 1. The molecular formula is C18H14ClF2N3O2. The fourth-order valence-electron chi connectivity index (χ4n) is 2.37. The lowest BCUT2D eigenvalue weighted by atomic mass is 10.2. The summed E-state index contributed by atoms with van der Waals surface area (Å²) in [4.78, 5) is 12.1. The van der Waals surface area contributed by atoms with Gasteiger partial charge in [0.2, 0.25) is 0 Å². The lowest BCUT2D eigenvalue weighted by Gasteiger charge is -2.07. The molecule has 1 amide bonds. The van der Waals surface area contributed by atoms with E-state index < -0.39 is 23.1 Å². The summed E-state index contributed by atoms with van der Waals surface area (Å²) in [5, 5.41) is 7.05. The molecule has 0 saturated heterocycles. The molecule has 0 bridgehead atoms. The lowest BCUT2D eigenvalue weighted by molar-refractivity contribution is 0.101. The number of methoxy groups -OCH3 is 1. The van der Waals surface area contributed by atoms with Crippen molar-refractivity contribution in [3.05, 3.63) is 76.4 Å². The third kappa shape index (κ3) is 3.83. The van der Waals surface area contributed by atoms with Crippen LogP contribution in [0, 0.1) is 11.6 Å². The summed E-state index contributed by atoms with van der Waals surface area (Å²) < 4.78 is 33.9. The van der Waals surface area contributed by atoms with Crippen molar-refractivity contribution in [2.45, 2.75) is 6.54 Å². The smallest absolute Gasteiger partial charge is 0.262 e. The molecule has 0 unspecified atom stereocenters. The Labute approximate surface area is 153 Å². The summed E-state index contributed by atoms with van der Waals surface area (Å²) in [6.07, 6.45) is 1.62. The Morgan fingerprint density at radius 3 is 2.62 bits per heavy atom. The van der Waals surface area contributed by atoms with Crippen molar-refractivity contribution in [1.82, 2.24) is 9.78 Å². The van der Waals surface area contributed by atoms with Crippen LogP contribution in [0.2, 0.25) is 5.02 Å². The summed E-state index contributed by atoms with van der Waals surface area (Å²) >= 11 is 6.19. The molecule has 0 radical (unpaired) electrons. The molecule has 3 aromatic rings. The van der Waals surface area contributed by atoms with Crippen LogP contribution in [0.5, 0.6) is 5.75 Å².